The molecule has 0 bridgehead atoms. The molecule has 1 saturated carbocycles. The Morgan fingerprint density at radius 1 is 1.62 bits per heavy atom. The lowest BCUT2D eigenvalue weighted by Crippen LogP contribution is -2.16. The maximum absolute atomic E-state index is 11.2. The molecule has 3 nitrogen and oxygen atoms in total. The first-order valence-corrected chi connectivity index (χ1v) is 5.67. The van der Waals surface area contributed by atoms with Crippen LogP contribution in [0.25, 0.3) is 0 Å². The highest BCUT2D eigenvalue weighted by Crippen LogP contribution is 2.34. The minimum atomic E-state index is -0.0266. The van der Waals surface area contributed by atoms with E-state index in [0.717, 1.165) is 10.9 Å². The van der Waals surface area contributed by atoms with Crippen LogP contribution in [0.3, 0.4) is 0 Å². The van der Waals surface area contributed by atoms with Gasteiger partial charge in [-0.2, -0.15) is 0 Å². The number of hydrogen-bond donors (Lipinski definition) is 1. The zero-order valence-corrected chi connectivity index (χ0v) is 8.36. The lowest BCUT2D eigenvalue weighted by molar-refractivity contribution is 0.407. The van der Waals surface area contributed by atoms with Gasteiger partial charge in [-0.25, -0.2) is 4.98 Å². The third kappa shape index (κ3) is 1.77. The Morgan fingerprint density at radius 3 is 2.92 bits per heavy atom. The van der Waals surface area contributed by atoms with Crippen molar-refractivity contribution in [3.63, 3.8) is 0 Å². The maximum Gasteiger partial charge on any atom is 0.251 e. The lowest BCUT2D eigenvalue weighted by atomic mass is 9.83. The van der Waals surface area contributed by atoms with E-state index in [1.165, 1.54) is 31.0 Å². The highest BCUT2D eigenvalue weighted by Gasteiger charge is 2.21. The van der Waals surface area contributed by atoms with Gasteiger partial charge in [-0.3, -0.25) is 4.79 Å². The first-order chi connectivity index (χ1) is 6.29. The Balaban J connectivity index is 2.34. The predicted octanol–water partition coefficient (Wildman–Crippen LogP) is 1.76. The Kier molecular flexibility index (Phi) is 2.40. The van der Waals surface area contributed by atoms with Crippen LogP contribution in [-0.2, 0) is 0 Å². The molecule has 0 amide bonds. The highest BCUT2D eigenvalue weighted by atomic mass is 32.2. The van der Waals surface area contributed by atoms with E-state index in [4.69, 9.17) is 0 Å². The number of nitrogens with zero attached hydrogens (tertiary/aromatic N) is 1. The Bertz CT molecular complexity index is 357. The number of hydrogen-bond acceptors (Lipinski definition) is 3. The summed E-state index contributed by atoms with van der Waals surface area (Å²) in [4.78, 5) is 18.3. The van der Waals surface area contributed by atoms with Crippen molar-refractivity contribution in [1.29, 1.82) is 0 Å². The first kappa shape index (κ1) is 8.81. The van der Waals surface area contributed by atoms with Gasteiger partial charge in [0, 0.05) is 12.0 Å². The zero-order chi connectivity index (χ0) is 9.26. The fraction of sp³-hybridized carbons (Fsp3) is 0.556. The monoisotopic (exact) mass is 196 g/mol. The van der Waals surface area contributed by atoms with Crippen LogP contribution in [0, 0.1) is 0 Å². The van der Waals surface area contributed by atoms with Gasteiger partial charge >= 0.3 is 0 Å². The summed E-state index contributed by atoms with van der Waals surface area (Å²) in [6, 6.07) is 1.63. The van der Waals surface area contributed by atoms with Crippen LogP contribution in [0.4, 0.5) is 0 Å². The van der Waals surface area contributed by atoms with Crippen molar-refractivity contribution in [2.24, 2.45) is 0 Å². The van der Waals surface area contributed by atoms with Crippen molar-refractivity contribution in [2.45, 2.75) is 30.3 Å². The number of thioether (sulfide) groups is 1. The van der Waals surface area contributed by atoms with Gasteiger partial charge in [0.1, 0.15) is 0 Å². The summed E-state index contributed by atoms with van der Waals surface area (Å²) in [6.45, 7) is 0. The van der Waals surface area contributed by atoms with Crippen molar-refractivity contribution < 1.29 is 0 Å². The zero-order valence-electron chi connectivity index (χ0n) is 7.54. The van der Waals surface area contributed by atoms with Crippen molar-refractivity contribution >= 4 is 11.8 Å². The molecule has 1 aromatic heterocycles. The van der Waals surface area contributed by atoms with Crippen molar-refractivity contribution in [3.8, 4) is 0 Å². The van der Waals surface area contributed by atoms with Gasteiger partial charge < -0.3 is 4.98 Å². The average Bonchev–Trinajstić information content (AvgIpc) is 2.00. The van der Waals surface area contributed by atoms with E-state index in [0.29, 0.717) is 5.92 Å². The molecule has 0 saturated heterocycles. The van der Waals surface area contributed by atoms with Gasteiger partial charge in [-0.1, -0.05) is 18.2 Å². The number of aromatic nitrogens is 2. The van der Waals surface area contributed by atoms with Gasteiger partial charge in [-0.15, -0.1) is 0 Å². The van der Waals surface area contributed by atoms with E-state index in [9.17, 15) is 4.79 Å². The fourth-order valence-corrected chi connectivity index (χ4v) is 1.86. The lowest BCUT2D eigenvalue weighted by Gasteiger charge is -2.24. The maximum atomic E-state index is 11.2. The van der Waals surface area contributed by atoms with Crippen LogP contribution in [0.2, 0.25) is 0 Å². The molecule has 1 aromatic rings. The minimum Gasteiger partial charge on any atom is -0.301 e. The van der Waals surface area contributed by atoms with Gasteiger partial charge in [0.2, 0.25) is 0 Å². The number of rotatable bonds is 2. The molecule has 13 heavy (non-hydrogen) atoms. The molecule has 4 heteroatoms. The fourth-order valence-electron chi connectivity index (χ4n) is 1.46. The topological polar surface area (TPSA) is 45.8 Å². The molecule has 1 N–H and O–H groups in total. The summed E-state index contributed by atoms with van der Waals surface area (Å²) in [5.41, 5.74) is 0.945. The Hall–Kier alpha value is -0.770. The highest BCUT2D eigenvalue weighted by molar-refractivity contribution is 7.98. The quantitative estimate of drug-likeness (QED) is 0.579. The largest absolute Gasteiger partial charge is 0.301 e. The van der Waals surface area contributed by atoms with Gasteiger partial charge in [0.15, 0.2) is 5.16 Å². The van der Waals surface area contributed by atoms with Crippen LogP contribution in [0.15, 0.2) is 16.0 Å². The third-order valence-corrected chi connectivity index (χ3v) is 3.04. The number of H-pyrrole nitrogens is 1. The minimum absolute atomic E-state index is 0.0266. The van der Waals surface area contributed by atoms with Crippen LogP contribution in [0.1, 0.15) is 30.9 Å². The van der Waals surface area contributed by atoms with E-state index in [2.05, 4.69) is 9.97 Å². The first-order valence-electron chi connectivity index (χ1n) is 4.45. The summed E-state index contributed by atoms with van der Waals surface area (Å²) in [5.74, 6) is 0.535. The third-order valence-electron chi connectivity index (χ3n) is 2.46. The molecule has 0 aliphatic heterocycles. The van der Waals surface area contributed by atoms with Gasteiger partial charge in [0.05, 0.1) is 5.69 Å². The standard InChI is InChI=1S/C9H12N2OS/c1-13-9-10-7(5-8(12)11-9)6-3-2-4-6/h5-6H,2-4H2,1H3,(H,10,11,12). The molecule has 1 fully saturated rings. The normalized spacial score (nSPS) is 17.0. The van der Waals surface area contributed by atoms with Crippen LogP contribution >= 0.6 is 11.8 Å². The van der Waals surface area contributed by atoms with Gasteiger partial charge in [0.25, 0.3) is 5.56 Å². The molecule has 0 spiro atoms. The van der Waals surface area contributed by atoms with E-state index in [1.54, 1.807) is 6.07 Å². The molecule has 0 atom stereocenters. The van der Waals surface area contributed by atoms with E-state index in [1.807, 2.05) is 6.26 Å². The molecule has 1 heterocycles. The second-order valence-corrected chi connectivity index (χ2v) is 4.10. The SMILES string of the molecule is CSc1nc(C2CCC2)cc(=O)[nH]1. The molecule has 1 aliphatic carbocycles. The smallest absolute Gasteiger partial charge is 0.251 e. The Labute approximate surface area is 81.0 Å². The summed E-state index contributed by atoms with van der Waals surface area (Å²) in [5, 5.41) is 0.731. The molecule has 0 radical (unpaired) electrons. The molecule has 1 aliphatic rings. The second-order valence-electron chi connectivity index (χ2n) is 3.31. The van der Waals surface area contributed by atoms with Crippen molar-refractivity contribution in [2.75, 3.05) is 6.26 Å². The predicted molar refractivity (Wildman–Crippen MR) is 53.2 cm³/mol. The summed E-state index contributed by atoms with van der Waals surface area (Å²) >= 11 is 1.48. The van der Waals surface area contributed by atoms with Crippen molar-refractivity contribution in [1.82, 2.24) is 9.97 Å². The molecular formula is C9H12N2OS. The van der Waals surface area contributed by atoms with Crippen LogP contribution in [-0.4, -0.2) is 16.2 Å². The second kappa shape index (κ2) is 3.54. The van der Waals surface area contributed by atoms with E-state index >= 15 is 0 Å². The van der Waals surface area contributed by atoms with E-state index in [-0.39, 0.29) is 5.56 Å². The molecule has 70 valence electrons. The molecular weight excluding hydrogens is 184 g/mol. The molecule has 0 aromatic carbocycles. The Morgan fingerprint density at radius 2 is 2.38 bits per heavy atom. The molecule has 2 rings (SSSR count). The van der Waals surface area contributed by atoms with Gasteiger partial charge in [-0.05, 0) is 19.1 Å². The van der Waals surface area contributed by atoms with Crippen LogP contribution < -0.4 is 5.56 Å². The summed E-state index contributed by atoms with van der Waals surface area (Å²) in [6.07, 6.45) is 5.56. The van der Waals surface area contributed by atoms with Crippen LogP contribution in [0.5, 0.6) is 0 Å². The average molecular weight is 196 g/mol. The molecule has 0 unspecified atom stereocenters. The summed E-state index contributed by atoms with van der Waals surface area (Å²) < 4.78 is 0. The number of nitrogens with one attached hydrogen (secondary N) is 1. The summed E-state index contributed by atoms with van der Waals surface area (Å²) in [7, 11) is 0. The van der Waals surface area contributed by atoms with E-state index < -0.39 is 0 Å². The number of aromatic amines is 1. The van der Waals surface area contributed by atoms with Crippen molar-refractivity contribution in [3.05, 3.63) is 22.1 Å².